The lowest BCUT2D eigenvalue weighted by molar-refractivity contribution is -0.126. The summed E-state index contributed by atoms with van der Waals surface area (Å²) in [5.41, 5.74) is 1.50. The van der Waals surface area contributed by atoms with Crippen molar-refractivity contribution in [1.29, 1.82) is 0 Å². The molecule has 0 saturated carbocycles. The third-order valence-corrected chi connectivity index (χ3v) is 6.48. The zero-order valence-electron chi connectivity index (χ0n) is 14.3. The highest BCUT2D eigenvalue weighted by Gasteiger charge is 2.32. The van der Waals surface area contributed by atoms with E-state index in [1.165, 1.54) is 11.0 Å². The highest BCUT2D eigenvalue weighted by molar-refractivity contribution is 7.91. The van der Waals surface area contributed by atoms with Crippen LogP contribution < -0.4 is 0 Å². The first-order valence-electron chi connectivity index (χ1n) is 8.13. The summed E-state index contributed by atoms with van der Waals surface area (Å²) < 4.78 is 24.8. The molecule has 0 aromatic carbocycles. The van der Waals surface area contributed by atoms with Gasteiger partial charge in [-0.3, -0.25) is 9.48 Å². The molecule has 1 amide bonds. The minimum atomic E-state index is -3.01. The Kier molecular flexibility index (Phi) is 6.09. The van der Waals surface area contributed by atoms with Crippen molar-refractivity contribution in [3.63, 3.8) is 0 Å². The molecular weight excluding hydrogens is 350 g/mol. The topological polar surface area (TPSA) is 72.3 Å². The zero-order valence-corrected chi connectivity index (χ0v) is 15.9. The number of likely N-dealkylation sites (N-methyl/N-ethyl adjacent to an activating group) is 1. The first kappa shape index (κ1) is 19.0. The molecule has 1 aliphatic heterocycles. The molecule has 0 N–H and O–H groups in total. The number of rotatable bonds is 6. The Balaban J connectivity index is 2.07. The number of hydrogen-bond donors (Lipinski definition) is 0. The Bertz CT molecular complexity index is 740. The van der Waals surface area contributed by atoms with E-state index >= 15 is 0 Å². The average Bonchev–Trinajstić information content (AvgIpc) is 3.02. The van der Waals surface area contributed by atoms with Gasteiger partial charge >= 0.3 is 0 Å². The number of unbranched alkanes of at least 4 members (excludes halogenated alkanes) is 1. The van der Waals surface area contributed by atoms with Crippen LogP contribution in [-0.2, 0) is 21.2 Å². The smallest absolute Gasteiger partial charge is 0.246 e. The second-order valence-electron chi connectivity index (χ2n) is 6.21. The van der Waals surface area contributed by atoms with Crippen LogP contribution in [-0.4, -0.2) is 53.6 Å². The molecule has 1 fully saturated rings. The molecule has 1 aromatic rings. The molecule has 24 heavy (non-hydrogen) atoms. The number of sulfone groups is 1. The minimum absolute atomic E-state index is 0.0395. The van der Waals surface area contributed by atoms with Crippen LogP contribution in [0.15, 0.2) is 6.08 Å². The fourth-order valence-corrected chi connectivity index (χ4v) is 4.84. The molecule has 0 aliphatic carbocycles. The van der Waals surface area contributed by atoms with Gasteiger partial charge in [-0.05, 0) is 25.8 Å². The van der Waals surface area contributed by atoms with Crippen LogP contribution in [0.5, 0.6) is 0 Å². The van der Waals surface area contributed by atoms with Gasteiger partial charge in [0.25, 0.3) is 0 Å². The number of carbonyl (C=O) groups is 1. The van der Waals surface area contributed by atoms with Crippen LogP contribution in [0.1, 0.15) is 37.4 Å². The van der Waals surface area contributed by atoms with E-state index in [0.29, 0.717) is 11.6 Å². The fourth-order valence-electron chi connectivity index (χ4n) is 2.75. The van der Waals surface area contributed by atoms with Crippen molar-refractivity contribution in [2.45, 2.75) is 45.7 Å². The Morgan fingerprint density at radius 2 is 2.21 bits per heavy atom. The summed E-state index contributed by atoms with van der Waals surface area (Å²) in [5.74, 6) is -0.0414. The van der Waals surface area contributed by atoms with Gasteiger partial charge in [0.2, 0.25) is 5.91 Å². The van der Waals surface area contributed by atoms with Crippen molar-refractivity contribution < 1.29 is 13.2 Å². The molecular formula is C16H24ClN3O3S. The molecule has 0 spiro atoms. The Morgan fingerprint density at radius 3 is 2.79 bits per heavy atom. The molecule has 6 nitrogen and oxygen atoms in total. The molecule has 8 heteroatoms. The van der Waals surface area contributed by atoms with E-state index in [4.69, 9.17) is 11.6 Å². The lowest BCUT2D eigenvalue weighted by Gasteiger charge is -2.21. The van der Waals surface area contributed by atoms with Crippen LogP contribution >= 0.6 is 11.6 Å². The van der Waals surface area contributed by atoms with E-state index in [2.05, 4.69) is 12.0 Å². The number of hydrogen-bond acceptors (Lipinski definition) is 4. The van der Waals surface area contributed by atoms with Crippen molar-refractivity contribution in [1.82, 2.24) is 14.7 Å². The quantitative estimate of drug-likeness (QED) is 0.717. The lowest BCUT2D eigenvalue weighted by Crippen LogP contribution is -2.36. The lowest BCUT2D eigenvalue weighted by atomic mass is 10.2. The van der Waals surface area contributed by atoms with Gasteiger partial charge in [0.15, 0.2) is 9.84 Å². The summed E-state index contributed by atoms with van der Waals surface area (Å²) in [5, 5.41) is 4.92. The Morgan fingerprint density at radius 1 is 1.50 bits per heavy atom. The van der Waals surface area contributed by atoms with E-state index in [1.807, 2.05) is 6.92 Å². The third-order valence-electron chi connectivity index (χ3n) is 4.33. The summed E-state index contributed by atoms with van der Waals surface area (Å²) in [7, 11) is -1.38. The van der Waals surface area contributed by atoms with Crippen molar-refractivity contribution in [2.75, 3.05) is 18.6 Å². The van der Waals surface area contributed by atoms with Gasteiger partial charge in [-0.15, -0.1) is 0 Å². The van der Waals surface area contributed by atoms with E-state index < -0.39 is 9.84 Å². The largest absolute Gasteiger partial charge is 0.338 e. The summed E-state index contributed by atoms with van der Waals surface area (Å²) in [6, 6.07) is -0.254. The first-order chi connectivity index (χ1) is 11.2. The maximum Gasteiger partial charge on any atom is 0.246 e. The van der Waals surface area contributed by atoms with E-state index in [9.17, 15) is 13.2 Å². The standard InChI is InChI=1S/C16H24ClN3O3S/c1-4-5-9-20-16(17)14(12(2)18-20)6-7-15(21)19(3)13-8-10-24(22,23)11-13/h6-7,13H,4-5,8-11H2,1-3H3/b7-6-/t13-/m0/s1. The van der Waals surface area contributed by atoms with Crippen LogP contribution in [0, 0.1) is 6.92 Å². The predicted octanol–water partition coefficient (Wildman–Crippen LogP) is 2.30. The van der Waals surface area contributed by atoms with Gasteiger partial charge in [-0.1, -0.05) is 24.9 Å². The maximum absolute atomic E-state index is 12.3. The molecule has 2 rings (SSSR count). The van der Waals surface area contributed by atoms with E-state index in [-0.39, 0.29) is 23.5 Å². The number of aryl methyl sites for hydroxylation is 2. The average molecular weight is 374 g/mol. The van der Waals surface area contributed by atoms with Gasteiger partial charge < -0.3 is 4.90 Å². The van der Waals surface area contributed by atoms with Gasteiger partial charge in [-0.25, -0.2) is 8.42 Å². The van der Waals surface area contributed by atoms with Crippen LogP contribution in [0.2, 0.25) is 5.15 Å². The summed E-state index contributed by atoms with van der Waals surface area (Å²) in [6.45, 7) is 4.70. The maximum atomic E-state index is 12.3. The van der Waals surface area contributed by atoms with Gasteiger partial charge in [0.1, 0.15) is 5.15 Å². The molecule has 1 atom stereocenters. The summed E-state index contributed by atoms with van der Waals surface area (Å²) >= 11 is 6.34. The van der Waals surface area contributed by atoms with Gasteiger partial charge in [-0.2, -0.15) is 5.10 Å². The highest BCUT2D eigenvalue weighted by Crippen LogP contribution is 2.22. The van der Waals surface area contributed by atoms with Crippen molar-refractivity contribution >= 4 is 33.4 Å². The molecule has 2 heterocycles. The molecule has 0 bridgehead atoms. The second-order valence-corrected chi connectivity index (χ2v) is 8.79. The molecule has 1 saturated heterocycles. The van der Waals surface area contributed by atoms with Gasteiger partial charge in [0, 0.05) is 31.3 Å². The Labute approximate surface area is 148 Å². The van der Waals surface area contributed by atoms with Crippen molar-refractivity contribution in [3.8, 4) is 0 Å². The van der Waals surface area contributed by atoms with Gasteiger partial charge in [0.05, 0.1) is 17.2 Å². The fraction of sp³-hybridized carbons (Fsp3) is 0.625. The normalized spacial score (nSPS) is 19.9. The molecule has 1 aliphatic rings. The van der Waals surface area contributed by atoms with E-state index in [1.54, 1.807) is 17.8 Å². The zero-order chi connectivity index (χ0) is 17.9. The number of nitrogens with zero attached hydrogens (tertiary/aromatic N) is 3. The summed E-state index contributed by atoms with van der Waals surface area (Å²) in [6.07, 6.45) is 5.63. The molecule has 0 unspecified atom stereocenters. The number of aromatic nitrogens is 2. The number of amides is 1. The third kappa shape index (κ3) is 4.39. The van der Waals surface area contributed by atoms with Crippen molar-refractivity contribution in [2.24, 2.45) is 0 Å². The molecule has 0 radical (unpaired) electrons. The van der Waals surface area contributed by atoms with Crippen LogP contribution in [0.3, 0.4) is 0 Å². The van der Waals surface area contributed by atoms with E-state index in [0.717, 1.165) is 30.6 Å². The predicted molar refractivity (Wildman–Crippen MR) is 95.7 cm³/mol. The number of halogens is 1. The van der Waals surface area contributed by atoms with Crippen molar-refractivity contribution in [3.05, 3.63) is 22.5 Å². The Hall–Kier alpha value is -1.34. The summed E-state index contributed by atoms with van der Waals surface area (Å²) in [4.78, 5) is 13.8. The monoisotopic (exact) mass is 373 g/mol. The number of carbonyl (C=O) groups excluding carboxylic acids is 1. The molecule has 1 aromatic heterocycles. The SMILES string of the molecule is CCCCn1nc(C)c(/C=C\C(=O)N(C)[C@H]2CCS(=O)(=O)C2)c1Cl. The molecule has 134 valence electrons. The second kappa shape index (κ2) is 7.70. The first-order valence-corrected chi connectivity index (χ1v) is 10.3. The minimum Gasteiger partial charge on any atom is -0.338 e. The highest BCUT2D eigenvalue weighted by atomic mass is 35.5. The van der Waals surface area contributed by atoms with Crippen LogP contribution in [0.4, 0.5) is 0 Å². The van der Waals surface area contributed by atoms with Crippen LogP contribution in [0.25, 0.3) is 6.08 Å².